The summed E-state index contributed by atoms with van der Waals surface area (Å²) >= 11 is 0. The molecule has 0 spiro atoms. The fourth-order valence-corrected chi connectivity index (χ4v) is 2.88. The molecule has 0 bridgehead atoms. The van der Waals surface area contributed by atoms with Gasteiger partial charge in [-0.05, 0) is 30.2 Å². The molecule has 3 heterocycles. The predicted molar refractivity (Wildman–Crippen MR) is 96.4 cm³/mol. The lowest BCUT2D eigenvalue weighted by Crippen LogP contribution is -2.42. The van der Waals surface area contributed by atoms with Crippen LogP contribution in [0.25, 0.3) is 0 Å². The second kappa shape index (κ2) is 8.07. The maximum absolute atomic E-state index is 12.5. The number of hydrogen-bond donors (Lipinski definition) is 0. The van der Waals surface area contributed by atoms with Crippen LogP contribution < -0.4 is 4.90 Å². The number of rotatable bonds is 5. The van der Waals surface area contributed by atoms with E-state index in [0.717, 1.165) is 17.1 Å². The Hall–Kier alpha value is -2.47. The van der Waals surface area contributed by atoms with Crippen LogP contribution >= 0.6 is 0 Å². The van der Waals surface area contributed by atoms with Crippen molar-refractivity contribution in [2.45, 2.75) is 18.9 Å². The first-order valence-corrected chi connectivity index (χ1v) is 8.56. The Bertz CT molecular complexity index is 706. The third-order valence-electron chi connectivity index (χ3n) is 4.31. The summed E-state index contributed by atoms with van der Waals surface area (Å²) in [5.74, 6) is 1.04. The fourth-order valence-electron chi connectivity index (χ4n) is 2.88. The van der Waals surface area contributed by atoms with Crippen LogP contribution in [-0.4, -0.2) is 54.6 Å². The molecule has 0 N–H and O–H groups in total. The van der Waals surface area contributed by atoms with Gasteiger partial charge in [-0.1, -0.05) is 12.1 Å². The molecule has 1 aliphatic rings. The van der Waals surface area contributed by atoms with Crippen molar-refractivity contribution in [1.29, 1.82) is 0 Å². The number of ether oxygens (including phenoxy) is 1. The average Bonchev–Trinajstić information content (AvgIpc) is 2.67. The highest BCUT2D eigenvalue weighted by Gasteiger charge is 2.26. The molecular weight excluding hydrogens is 316 g/mol. The second-order valence-corrected chi connectivity index (χ2v) is 6.38. The SMILES string of the molecule is CN(C)c1cccc([C@@H]2CN(C(=O)CCc3cccnc3)CCO2)n1. The van der Waals surface area contributed by atoms with E-state index in [-0.39, 0.29) is 12.0 Å². The van der Waals surface area contributed by atoms with Crippen molar-refractivity contribution in [3.63, 3.8) is 0 Å². The quantitative estimate of drug-likeness (QED) is 0.834. The Balaban J connectivity index is 1.60. The Morgan fingerprint density at radius 1 is 1.32 bits per heavy atom. The number of pyridine rings is 2. The molecule has 25 heavy (non-hydrogen) atoms. The first-order chi connectivity index (χ1) is 12.1. The molecule has 132 valence electrons. The Morgan fingerprint density at radius 3 is 2.96 bits per heavy atom. The summed E-state index contributed by atoms with van der Waals surface area (Å²) < 4.78 is 5.86. The van der Waals surface area contributed by atoms with Gasteiger partial charge in [0.05, 0.1) is 18.8 Å². The van der Waals surface area contributed by atoms with E-state index in [1.165, 1.54) is 0 Å². The minimum absolute atomic E-state index is 0.154. The van der Waals surface area contributed by atoms with Crippen LogP contribution in [-0.2, 0) is 16.0 Å². The average molecular weight is 340 g/mol. The monoisotopic (exact) mass is 340 g/mol. The van der Waals surface area contributed by atoms with Crippen LogP contribution in [0.5, 0.6) is 0 Å². The molecule has 1 aliphatic heterocycles. The van der Waals surface area contributed by atoms with Crippen LogP contribution in [0.15, 0.2) is 42.7 Å². The van der Waals surface area contributed by atoms with Crippen LogP contribution in [0.1, 0.15) is 23.8 Å². The van der Waals surface area contributed by atoms with Crippen molar-refractivity contribution >= 4 is 11.7 Å². The zero-order valence-electron chi connectivity index (χ0n) is 14.8. The molecule has 6 heteroatoms. The molecule has 3 rings (SSSR count). The van der Waals surface area contributed by atoms with Crippen LogP contribution in [0.4, 0.5) is 5.82 Å². The number of carbonyl (C=O) groups excluding carboxylic acids is 1. The van der Waals surface area contributed by atoms with Gasteiger partial charge in [-0.25, -0.2) is 4.98 Å². The molecule has 6 nitrogen and oxygen atoms in total. The molecule has 0 aromatic carbocycles. The van der Waals surface area contributed by atoms with Crippen molar-refractivity contribution in [3.8, 4) is 0 Å². The van der Waals surface area contributed by atoms with Gasteiger partial charge in [0, 0.05) is 39.5 Å². The summed E-state index contributed by atoms with van der Waals surface area (Å²) in [6, 6.07) is 9.79. The van der Waals surface area contributed by atoms with Gasteiger partial charge in [0.1, 0.15) is 11.9 Å². The van der Waals surface area contributed by atoms with Gasteiger partial charge in [0.15, 0.2) is 0 Å². The molecule has 1 saturated heterocycles. The normalized spacial score (nSPS) is 17.4. The molecule has 0 saturated carbocycles. The largest absolute Gasteiger partial charge is 0.368 e. The van der Waals surface area contributed by atoms with E-state index in [1.807, 2.05) is 60.4 Å². The number of aromatic nitrogens is 2. The smallest absolute Gasteiger partial charge is 0.223 e. The lowest BCUT2D eigenvalue weighted by Gasteiger charge is -2.33. The molecule has 1 fully saturated rings. The molecule has 2 aromatic rings. The third kappa shape index (κ3) is 4.54. The van der Waals surface area contributed by atoms with E-state index in [0.29, 0.717) is 32.5 Å². The van der Waals surface area contributed by atoms with E-state index in [4.69, 9.17) is 4.74 Å². The van der Waals surface area contributed by atoms with E-state index >= 15 is 0 Å². The number of nitrogens with zero attached hydrogens (tertiary/aromatic N) is 4. The lowest BCUT2D eigenvalue weighted by atomic mass is 10.1. The van der Waals surface area contributed by atoms with Gasteiger partial charge >= 0.3 is 0 Å². The molecule has 0 unspecified atom stereocenters. The number of carbonyl (C=O) groups is 1. The number of amides is 1. The number of anilines is 1. The topological polar surface area (TPSA) is 58.6 Å². The van der Waals surface area contributed by atoms with Gasteiger partial charge in [-0.15, -0.1) is 0 Å². The molecule has 2 aromatic heterocycles. The van der Waals surface area contributed by atoms with E-state index in [1.54, 1.807) is 6.20 Å². The summed E-state index contributed by atoms with van der Waals surface area (Å²) in [5, 5.41) is 0. The van der Waals surface area contributed by atoms with Gasteiger partial charge < -0.3 is 14.5 Å². The summed E-state index contributed by atoms with van der Waals surface area (Å²) in [5.41, 5.74) is 1.96. The summed E-state index contributed by atoms with van der Waals surface area (Å²) in [6.45, 7) is 1.72. The first-order valence-electron chi connectivity index (χ1n) is 8.56. The highest BCUT2D eigenvalue weighted by Crippen LogP contribution is 2.23. The summed E-state index contributed by atoms with van der Waals surface area (Å²) in [4.78, 5) is 25.1. The van der Waals surface area contributed by atoms with Gasteiger partial charge in [-0.3, -0.25) is 9.78 Å². The minimum Gasteiger partial charge on any atom is -0.368 e. The maximum atomic E-state index is 12.5. The van der Waals surface area contributed by atoms with Crippen LogP contribution in [0, 0.1) is 0 Å². The Morgan fingerprint density at radius 2 is 2.20 bits per heavy atom. The van der Waals surface area contributed by atoms with Gasteiger partial charge in [0.2, 0.25) is 5.91 Å². The number of morpholine rings is 1. The van der Waals surface area contributed by atoms with Crippen LogP contribution in [0.2, 0.25) is 0 Å². The molecule has 1 amide bonds. The standard InChI is InChI=1S/C19H24N4O2/c1-22(2)18-7-3-6-16(21-18)17-14-23(11-12-25-17)19(24)9-8-15-5-4-10-20-13-15/h3-7,10,13,17H,8-9,11-12,14H2,1-2H3/t17-/m0/s1. The highest BCUT2D eigenvalue weighted by molar-refractivity contribution is 5.76. The Labute approximate surface area is 148 Å². The lowest BCUT2D eigenvalue weighted by molar-refractivity contribution is -0.139. The number of hydrogen-bond acceptors (Lipinski definition) is 5. The van der Waals surface area contributed by atoms with Crippen molar-refractivity contribution in [3.05, 3.63) is 54.0 Å². The molecule has 0 radical (unpaired) electrons. The second-order valence-electron chi connectivity index (χ2n) is 6.38. The zero-order chi connectivity index (χ0) is 17.6. The van der Waals surface area contributed by atoms with Crippen molar-refractivity contribution in [1.82, 2.24) is 14.9 Å². The molecular formula is C19H24N4O2. The first kappa shape index (κ1) is 17.4. The van der Waals surface area contributed by atoms with Gasteiger partial charge in [-0.2, -0.15) is 0 Å². The van der Waals surface area contributed by atoms with Crippen molar-refractivity contribution in [2.24, 2.45) is 0 Å². The fraction of sp³-hybridized carbons (Fsp3) is 0.421. The molecule has 1 atom stereocenters. The maximum Gasteiger partial charge on any atom is 0.223 e. The van der Waals surface area contributed by atoms with E-state index < -0.39 is 0 Å². The predicted octanol–water partition coefficient (Wildman–Crippen LogP) is 2.08. The van der Waals surface area contributed by atoms with E-state index in [2.05, 4.69) is 9.97 Å². The molecule has 0 aliphatic carbocycles. The highest BCUT2D eigenvalue weighted by atomic mass is 16.5. The van der Waals surface area contributed by atoms with Gasteiger partial charge in [0.25, 0.3) is 0 Å². The van der Waals surface area contributed by atoms with Crippen LogP contribution in [0.3, 0.4) is 0 Å². The Kier molecular flexibility index (Phi) is 5.60. The number of aryl methyl sites for hydroxylation is 1. The third-order valence-corrected chi connectivity index (χ3v) is 4.31. The van der Waals surface area contributed by atoms with Crippen molar-refractivity contribution < 1.29 is 9.53 Å². The zero-order valence-corrected chi connectivity index (χ0v) is 14.8. The summed E-state index contributed by atoms with van der Waals surface area (Å²) in [6.07, 6.45) is 4.59. The minimum atomic E-state index is -0.170. The van der Waals surface area contributed by atoms with E-state index in [9.17, 15) is 4.79 Å². The summed E-state index contributed by atoms with van der Waals surface area (Å²) in [7, 11) is 3.92. The van der Waals surface area contributed by atoms with Crippen molar-refractivity contribution in [2.75, 3.05) is 38.7 Å².